The van der Waals surface area contributed by atoms with Crippen molar-refractivity contribution in [3.05, 3.63) is 80.7 Å². The Labute approximate surface area is 158 Å². The molecular formula is C21H23ClNO3+. The zero-order chi connectivity index (χ0) is 18.5. The summed E-state index contributed by atoms with van der Waals surface area (Å²) in [5.74, 6) is 0. The lowest BCUT2D eigenvalue weighted by Gasteiger charge is -2.20. The van der Waals surface area contributed by atoms with E-state index in [0.29, 0.717) is 23.8 Å². The van der Waals surface area contributed by atoms with Crippen LogP contribution in [0, 0.1) is 6.92 Å². The van der Waals surface area contributed by atoms with E-state index >= 15 is 0 Å². The van der Waals surface area contributed by atoms with E-state index in [1.807, 2.05) is 37.3 Å². The van der Waals surface area contributed by atoms with E-state index in [0.717, 1.165) is 29.6 Å². The van der Waals surface area contributed by atoms with Gasteiger partial charge in [0.15, 0.2) is 0 Å². The van der Waals surface area contributed by atoms with E-state index in [1.165, 1.54) is 10.5 Å². The molecule has 3 aromatic rings. The average Bonchev–Trinajstić information content (AvgIpc) is 2.62. The average molecular weight is 373 g/mol. The van der Waals surface area contributed by atoms with Crippen molar-refractivity contribution >= 4 is 22.6 Å². The second kappa shape index (κ2) is 8.49. The molecule has 1 N–H and O–H groups in total. The summed E-state index contributed by atoms with van der Waals surface area (Å²) in [6.45, 7) is 4.94. The Morgan fingerprint density at radius 3 is 2.62 bits per heavy atom. The van der Waals surface area contributed by atoms with Crippen molar-refractivity contribution in [2.45, 2.75) is 20.0 Å². The van der Waals surface area contributed by atoms with Crippen LogP contribution in [0.15, 0.2) is 57.7 Å². The SMILES string of the molecule is COCC[NH+](Cc1ccccc1)Cc1cc(=O)oc2cc(C)c(Cl)cc12. The molecule has 136 valence electrons. The predicted molar refractivity (Wildman–Crippen MR) is 104 cm³/mol. The number of methoxy groups -OCH3 is 1. The molecule has 1 aromatic heterocycles. The molecule has 0 spiro atoms. The molecule has 2 aromatic carbocycles. The summed E-state index contributed by atoms with van der Waals surface area (Å²) in [5, 5.41) is 1.57. The maximum atomic E-state index is 12.0. The molecule has 0 aliphatic rings. The van der Waals surface area contributed by atoms with Gasteiger partial charge in [0.25, 0.3) is 0 Å². The van der Waals surface area contributed by atoms with Gasteiger partial charge in [-0.1, -0.05) is 41.9 Å². The minimum Gasteiger partial charge on any atom is -0.423 e. The Hall–Kier alpha value is -2.14. The molecule has 1 atom stereocenters. The van der Waals surface area contributed by atoms with Crippen molar-refractivity contribution in [3.8, 4) is 0 Å². The van der Waals surface area contributed by atoms with Crippen molar-refractivity contribution in [1.82, 2.24) is 0 Å². The minimum atomic E-state index is -0.333. The molecule has 1 heterocycles. The summed E-state index contributed by atoms with van der Waals surface area (Å²) < 4.78 is 10.6. The first-order valence-corrected chi connectivity index (χ1v) is 9.04. The van der Waals surface area contributed by atoms with E-state index in [2.05, 4.69) is 12.1 Å². The normalized spacial score (nSPS) is 12.4. The van der Waals surface area contributed by atoms with Gasteiger partial charge >= 0.3 is 5.63 Å². The number of aryl methyl sites for hydroxylation is 1. The van der Waals surface area contributed by atoms with Crippen LogP contribution in [-0.4, -0.2) is 20.3 Å². The van der Waals surface area contributed by atoms with E-state index in [1.54, 1.807) is 13.2 Å². The Balaban J connectivity index is 1.94. The van der Waals surface area contributed by atoms with E-state index in [-0.39, 0.29) is 5.63 Å². The molecule has 0 fully saturated rings. The molecule has 0 bridgehead atoms. The Bertz CT molecular complexity index is 937. The Morgan fingerprint density at radius 1 is 1.12 bits per heavy atom. The van der Waals surface area contributed by atoms with Crippen molar-refractivity contribution < 1.29 is 14.1 Å². The zero-order valence-electron chi connectivity index (χ0n) is 15.0. The minimum absolute atomic E-state index is 0.333. The van der Waals surface area contributed by atoms with Gasteiger partial charge in [0.1, 0.15) is 25.2 Å². The highest BCUT2D eigenvalue weighted by atomic mass is 35.5. The zero-order valence-corrected chi connectivity index (χ0v) is 15.8. The van der Waals surface area contributed by atoms with Crippen LogP contribution in [-0.2, 0) is 17.8 Å². The maximum Gasteiger partial charge on any atom is 0.336 e. The lowest BCUT2D eigenvalue weighted by molar-refractivity contribution is -0.927. The molecule has 26 heavy (non-hydrogen) atoms. The predicted octanol–water partition coefficient (Wildman–Crippen LogP) is 2.99. The number of hydrogen-bond acceptors (Lipinski definition) is 3. The van der Waals surface area contributed by atoms with Gasteiger partial charge in [0.2, 0.25) is 0 Å². The number of halogens is 1. The molecule has 0 saturated carbocycles. The van der Waals surface area contributed by atoms with Gasteiger partial charge in [-0.25, -0.2) is 4.79 Å². The number of hydrogen-bond donors (Lipinski definition) is 1. The van der Waals surface area contributed by atoms with Crippen LogP contribution in [0.5, 0.6) is 0 Å². The van der Waals surface area contributed by atoms with Crippen molar-refractivity contribution in [2.75, 3.05) is 20.3 Å². The molecule has 0 radical (unpaired) electrons. The van der Waals surface area contributed by atoms with E-state index < -0.39 is 0 Å². The second-order valence-electron chi connectivity index (χ2n) is 6.52. The van der Waals surface area contributed by atoms with E-state index in [4.69, 9.17) is 20.8 Å². The first kappa shape index (κ1) is 18.6. The summed E-state index contributed by atoms with van der Waals surface area (Å²) in [7, 11) is 1.70. The summed E-state index contributed by atoms with van der Waals surface area (Å²) in [6, 6.07) is 15.6. The highest BCUT2D eigenvalue weighted by molar-refractivity contribution is 6.32. The van der Waals surface area contributed by atoms with Crippen molar-refractivity contribution in [2.24, 2.45) is 0 Å². The highest BCUT2D eigenvalue weighted by Gasteiger charge is 2.15. The number of quaternary nitrogens is 1. The third-order valence-electron chi connectivity index (χ3n) is 4.51. The van der Waals surface area contributed by atoms with Crippen LogP contribution < -0.4 is 10.5 Å². The molecule has 3 rings (SSSR count). The molecule has 1 unspecified atom stereocenters. The number of nitrogens with one attached hydrogen (secondary N) is 1. The van der Waals surface area contributed by atoms with Crippen LogP contribution in [0.25, 0.3) is 11.0 Å². The van der Waals surface area contributed by atoms with Crippen LogP contribution in [0.1, 0.15) is 16.7 Å². The third-order valence-corrected chi connectivity index (χ3v) is 4.91. The van der Waals surface area contributed by atoms with Crippen molar-refractivity contribution in [1.29, 1.82) is 0 Å². The fourth-order valence-corrected chi connectivity index (χ4v) is 3.30. The maximum absolute atomic E-state index is 12.0. The quantitative estimate of drug-likeness (QED) is 0.648. The smallest absolute Gasteiger partial charge is 0.336 e. The van der Waals surface area contributed by atoms with Gasteiger partial charge in [-0.15, -0.1) is 0 Å². The molecule has 0 amide bonds. The lowest BCUT2D eigenvalue weighted by atomic mass is 10.1. The molecule has 0 aliphatic carbocycles. The van der Waals surface area contributed by atoms with Crippen molar-refractivity contribution in [3.63, 3.8) is 0 Å². The first-order valence-electron chi connectivity index (χ1n) is 8.66. The molecule has 5 heteroatoms. The molecule has 4 nitrogen and oxygen atoms in total. The van der Waals surface area contributed by atoms with Gasteiger partial charge in [0, 0.05) is 34.7 Å². The topological polar surface area (TPSA) is 43.9 Å². The summed E-state index contributed by atoms with van der Waals surface area (Å²) in [4.78, 5) is 13.3. The lowest BCUT2D eigenvalue weighted by Crippen LogP contribution is -3.09. The van der Waals surface area contributed by atoms with Gasteiger partial charge in [-0.05, 0) is 24.6 Å². The summed E-state index contributed by atoms with van der Waals surface area (Å²) >= 11 is 6.30. The van der Waals surface area contributed by atoms with Crippen LogP contribution in [0.3, 0.4) is 0 Å². The van der Waals surface area contributed by atoms with Gasteiger partial charge < -0.3 is 14.1 Å². The summed E-state index contributed by atoms with van der Waals surface area (Å²) in [5.41, 5.74) is 3.34. The third kappa shape index (κ3) is 4.52. The first-order chi connectivity index (χ1) is 12.6. The molecule has 0 saturated heterocycles. The fourth-order valence-electron chi connectivity index (χ4n) is 3.13. The van der Waals surface area contributed by atoms with Gasteiger partial charge in [-0.3, -0.25) is 0 Å². The van der Waals surface area contributed by atoms with Crippen LogP contribution in [0.2, 0.25) is 5.02 Å². The van der Waals surface area contributed by atoms with Crippen LogP contribution >= 0.6 is 11.6 Å². The standard InChI is InChI=1S/C21H22ClNO3/c1-15-10-20-18(12-19(15)22)17(11-21(24)26-20)14-23(8-9-25-2)13-16-6-4-3-5-7-16/h3-7,10-12H,8-9,13-14H2,1-2H3/p+1. The van der Waals surface area contributed by atoms with Gasteiger partial charge in [-0.2, -0.15) is 0 Å². The highest BCUT2D eigenvalue weighted by Crippen LogP contribution is 2.24. The summed E-state index contributed by atoms with van der Waals surface area (Å²) in [6.07, 6.45) is 0. The van der Waals surface area contributed by atoms with Gasteiger partial charge in [0.05, 0.1) is 6.61 Å². The number of benzene rings is 2. The monoisotopic (exact) mass is 372 g/mol. The Morgan fingerprint density at radius 2 is 1.88 bits per heavy atom. The number of rotatable bonds is 7. The molecular weight excluding hydrogens is 350 g/mol. The van der Waals surface area contributed by atoms with E-state index in [9.17, 15) is 4.79 Å². The fraction of sp³-hybridized carbons (Fsp3) is 0.286. The van der Waals surface area contributed by atoms with Crippen LogP contribution in [0.4, 0.5) is 0 Å². The second-order valence-corrected chi connectivity index (χ2v) is 6.93. The number of fused-ring (bicyclic) bond motifs is 1. The number of ether oxygens (including phenoxy) is 1. The largest absolute Gasteiger partial charge is 0.423 e. The molecule has 0 aliphatic heterocycles. The Kier molecular flexibility index (Phi) is 6.09.